The molecule has 0 aliphatic rings. The first kappa shape index (κ1) is 16.3. The molecule has 4 heteroatoms. The number of hydrogen-bond acceptors (Lipinski definition) is 2. The van der Waals surface area contributed by atoms with Crippen LogP contribution in [0.3, 0.4) is 0 Å². The van der Waals surface area contributed by atoms with Crippen LogP contribution in [0, 0.1) is 0 Å². The van der Waals surface area contributed by atoms with Crippen LogP contribution in [-0.2, 0) is 0 Å². The molecule has 0 saturated heterocycles. The Balaban J connectivity index is 1.94. The van der Waals surface area contributed by atoms with Crippen LogP contribution < -0.4 is 5.32 Å². The number of hydrogen-bond donors (Lipinski definition) is 1. The van der Waals surface area contributed by atoms with E-state index < -0.39 is 0 Å². The lowest BCUT2D eigenvalue weighted by molar-refractivity contribution is 0.0946. The van der Waals surface area contributed by atoms with Gasteiger partial charge in [-0.05, 0) is 50.7 Å². The zero-order valence-corrected chi connectivity index (χ0v) is 13.6. The zero-order valence-electron chi connectivity index (χ0n) is 13.6. The summed E-state index contributed by atoms with van der Waals surface area (Å²) in [7, 11) is 0. The van der Waals surface area contributed by atoms with E-state index in [1.807, 2.05) is 53.4 Å². The standard InChI is InChI=1S/C18H25N3O/c1-4-20(15(2)3)13-10-19-18(22)16-8-7-9-17(14-16)21-11-5-6-12-21/h5-9,11-12,14-15H,4,10,13H2,1-3H3,(H,19,22). The molecule has 1 N–H and O–H groups in total. The predicted octanol–water partition coefficient (Wildman–Crippen LogP) is 2.94. The number of carbonyl (C=O) groups is 1. The van der Waals surface area contributed by atoms with E-state index in [-0.39, 0.29) is 5.91 Å². The van der Waals surface area contributed by atoms with Gasteiger partial charge in [0.2, 0.25) is 0 Å². The van der Waals surface area contributed by atoms with E-state index in [0.29, 0.717) is 18.2 Å². The second-order valence-electron chi connectivity index (χ2n) is 5.62. The summed E-state index contributed by atoms with van der Waals surface area (Å²) in [6.07, 6.45) is 3.94. The lowest BCUT2D eigenvalue weighted by atomic mass is 10.2. The third kappa shape index (κ3) is 4.21. The molecule has 2 aromatic rings. The highest BCUT2D eigenvalue weighted by Gasteiger charge is 2.09. The number of aromatic nitrogens is 1. The summed E-state index contributed by atoms with van der Waals surface area (Å²) in [6.45, 7) is 9.02. The van der Waals surface area contributed by atoms with Crippen molar-refractivity contribution in [2.24, 2.45) is 0 Å². The highest BCUT2D eigenvalue weighted by molar-refractivity contribution is 5.94. The quantitative estimate of drug-likeness (QED) is 0.853. The molecule has 0 aliphatic carbocycles. The maximum atomic E-state index is 12.3. The topological polar surface area (TPSA) is 37.3 Å². The highest BCUT2D eigenvalue weighted by Crippen LogP contribution is 2.11. The Hall–Kier alpha value is -2.07. The van der Waals surface area contributed by atoms with Crippen molar-refractivity contribution in [2.45, 2.75) is 26.8 Å². The van der Waals surface area contributed by atoms with Crippen LogP contribution in [-0.4, -0.2) is 41.1 Å². The van der Waals surface area contributed by atoms with Crippen LogP contribution in [0.4, 0.5) is 0 Å². The molecular weight excluding hydrogens is 274 g/mol. The minimum absolute atomic E-state index is 0.0196. The van der Waals surface area contributed by atoms with Crippen molar-refractivity contribution in [3.63, 3.8) is 0 Å². The van der Waals surface area contributed by atoms with Crippen LogP contribution in [0.1, 0.15) is 31.1 Å². The van der Waals surface area contributed by atoms with E-state index in [2.05, 4.69) is 31.0 Å². The molecule has 4 nitrogen and oxygen atoms in total. The predicted molar refractivity (Wildman–Crippen MR) is 90.5 cm³/mol. The second kappa shape index (κ2) is 7.80. The van der Waals surface area contributed by atoms with Crippen molar-refractivity contribution in [1.82, 2.24) is 14.8 Å². The normalized spacial score (nSPS) is 11.1. The Bertz CT molecular complexity index is 590. The molecule has 0 unspecified atom stereocenters. The van der Waals surface area contributed by atoms with Gasteiger partial charge in [0.1, 0.15) is 0 Å². The fourth-order valence-electron chi connectivity index (χ4n) is 2.51. The monoisotopic (exact) mass is 299 g/mol. The van der Waals surface area contributed by atoms with E-state index in [9.17, 15) is 4.79 Å². The van der Waals surface area contributed by atoms with Crippen LogP contribution in [0.2, 0.25) is 0 Å². The van der Waals surface area contributed by atoms with E-state index in [0.717, 1.165) is 18.8 Å². The fourth-order valence-corrected chi connectivity index (χ4v) is 2.51. The molecule has 0 spiro atoms. The van der Waals surface area contributed by atoms with Crippen LogP contribution in [0.25, 0.3) is 5.69 Å². The average Bonchev–Trinajstić information content (AvgIpc) is 3.05. The lowest BCUT2D eigenvalue weighted by Crippen LogP contribution is -2.38. The van der Waals surface area contributed by atoms with Gasteiger partial charge in [0.15, 0.2) is 0 Å². The Kier molecular flexibility index (Phi) is 5.78. The number of likely N-dealkylation sites (N-methyl/N-ethyl adjacent to an activating group) is 1. The summed E-state index contributed by atoms with van der Waals surface area (Å²) in [5, 5.41) is 3.00. The molecule has 118 valence electrons. The summed E-state index contributed by atoms with van der Waals surface area (Å²) in [5.41, 5.74) is 1.69. The first-order valence-electron chi connectivity index (χ1n) is 7.87. The molecule has 0 atom stereocenters. The molecule has 0 bridgehead atoms. The third-order valence-electron chi connectivity index (χ3n) is 3.83. The van der Waals surface area contributed by atoms with Gasteiger partial charge in [0, 0.05) is 42.8 Å². The molecule has 0 radical (unpaired) electrons. The van der Waals surface area contributed by atoms with Gasteiger partial charge in [-0.25, -0.2) is 0 Å². The van der Waals surface area contributed by atoms with Crippen LogP contribution in [0.15, 0.2) is 48.8 Å². The Labute approximate surface area is 132 Å². The Morgan fingerprint density at radius 3 is 2.59 bits per heavy atom. The smallest absolute Gasteiger partial charge is 0.251 e. The number of amides is 1. The van der Waals surface area contributed by atoms with Crippen LogP contribution in [0.5, 0.6) is 0 Å². The maximum absolute atomic E-state index is 12.3. The fraction of sp³-hybridized carbons (Fsp3) is 0.389. The lowest BCUT2D eigenvalue weighted by Gasteiger charge is -2.24. The number of nitrogens with zero attached hydrogens (tertiary/aromatic N) is 2. The first-order valence-corrected chi connectivity index (χ1v) is 7.87. The van der Waals surface area contributed by atoms with Crippen molar-refractivity contribution in [2.75, 3.05) is 19.6 Å². The summed E-state index contributed by atoms with van der Waals surface area (Å²) < 4.78 is 1.99. The average molecular weight is 299 g/mol. The number of benzene rings is 1. The largest absolute Gasteiger partial charge is 0.351 e. The van der Waals surface area contributed by atoms with E-state index in [4.69, 9.17) is 0 Å². The van der Waals surface area contributed by atoms with Crippen molar-refractivity contribution < 1.29 is 4.79 Å². The summed E-state index contributed by atoms with van der Waals surface area (Å²) in [5.74, 6) is -0.0196. The van der Waals surface area contributed by atoms with Crippen molar-refractivity contribution >= 4 is 5.91 Å². The Morgan fingerprint density at radius 1 is 1.23 bits per heavy atom. The third-order valence-corrected chi connectivity index (χ3v) is 3.83. The number of rotatable bonds is 7. The summed E-state index contributed by atoms with van der Waals surface area (Å²) in [6, 6.07) is 12.1. The van der Waals surface area contributed by atoms with Gasteiger partial charge < -0.3 is 9.88 Å². The van der Waals surface area contributed by atoms with Gasteiger partial charge in [-0.1, -0.05) is 13.0 Å². The molecule has 1 amide bonds. The van der Waals surface area contributed by atoms with Gasteiger partial charge in [0.05, 0.1) is 0 Å². The van der Waals surface area contributed by atoms with Gasteiger partial charge in [-0.15, -0.1) is 0 Å². The molecule has 1 aromatic carbocycles. The van der Waals surface area contributed by atoms with Crippen molar-refractivity contribution in [3.05, 3.63) is 54.4 Å². The SMILES string of the molecule is CCN(CCNC(=O)c1cccc(-n2cccc2)c1)C(C)C. The molecule has 1 heterocycles. The molecular formula is C18H25N3O. The molecule has 0 fully saturated rings. The molecule has 0 saturated carbocycles. The van der Waals surface area contributed by atoms with Crippen molar-refractivity contribution in [1.29, 1.82) is 0 Å². The minimum atomic E-state index is -0.0196. The molecule has 2 rings (SSSR count). The number of carbonyl (C=O) groups excluding carboxylic acids is 1. The van der Waals surface area contributed by atoms with Gasteiger partial charge in [0.25, 0.3) is 5.91 Å². The molecule has 22 heavy (non-hydrogen) atoms. The zero-order chi connectivity index (χ0) is 15.9. The molecule has 0 aliphatic heterocycles. The van der Waals surface area contributed by atoms with E-state index >= 15 is 0 Å². The second-order valence-corrected chi connectivity index (χ2v) is 5.62. The minimum Gasteiger partial charge on any atom is -0.351 e. The number of nitrogens with one attached hydrogen (secondary N) is 1. The van der Waals surface area contributed by atoms with Gasteiger partial charge >= 0.3 is 0 Å². The summed E-state index contributed by atoms with van der Waals surface area (Å²) in [4.78, 5) is 14.6. The van der Waals surface area contributed by atoms with Crippen LogP contribution >= 0.6 is 0 Å². The Morgan fingerprint density at radius 2 is 1.95 bits per heavy atom. The maximum Gasteiger partial charge on any atom is 0.251 e. The van der Waals surface area contributed by atoms with Crippen molar-refractivity contribution in [3.8, 4) is 5.69 Å². The van der Waals surface area contributed by atoms with Gasteiger partial charge in [-0.2, -0.15) is 0 Å². The van der Waals surface area contributed by atoms with E-state index in [1.165, 1.54) is 0 Å². The van der Waals surface area contributed by atoms with E-state index in [1.54, 1.807) is 0 Å². The van der Waals surface area contributed by atoms with Gasteiger partial charge in [-0.3, -0.25) is 9.69 Å². The summed E-state index contributed by atoms with van der Waals surface area (Å²) >= 11 is 0. The highest BCUT2D eigenvalue weighted by atomic mass is 16.1. The first-order chi connectivity index (χ1) is 10.6. The molecule has 1 aromatic heterocycles.